The highest BCUT2D eigenvalue weighted by Gasteiger charge is 2.15. The molecule has 106 valence electrons. The molecule has 0 saturated carbocycles. The largest absolute Gasteiger partial charge is 0.399 e. The average molecular weight is 263 g/mol. The molecule has 0 amide bonds. The van der Waals surface area contributed by atoms with Crippen LogP contribution in [-0.2, 0) is 6.54 Å². The molecule has 1 heterocycles. The minimum Gasteiger partial charge on any atom is -0.399 e. The Morgan fingerprint density at radius 2 is 1.89 bits per heavy atom. The number of aliphatic hydroxyl groups is 1. The van der Waals surface area contributed by atoms with Crippen molar-refractivity contribution in [2.75, 3.05) is 45.1 Å². The van der Waals surface area contributed by atoms with Crippen molar-refractivity contribution in [2.24, 2.45) is 0 Å². The van der Waals surface area contributed by atoms with Crippen LogP contribution < -0.4 is 5.73 Å². The van der Waals surface area contributed by atoms with E-state index in [-0.39, 0.29) is 6.61 Å². The van der Waals surface area contributed by atoms with E-state index < -0.39 is 0 Å². The van der Waals surface area contributed by atoms with Crippen molar-refractivity contribution in [3.8, 4) is 0 Å². The summed E-state index contributed by atoms with van der Waals surface area (Å²) in [5.74, 6) is 0. The zero-order valence-corrected chi connectivity index (χ0v) is 11.8. The van der Waals surface area contributed by atoms with Crippen molar-refractivity contribution in [3.63, 3.8) is 0 Å². The third kappa shape index (κ3) is 3.93. The van der Waals surface area contributed by atoms with Crippen LogP contribution in [-0.4, -0.2) is 54.2 Å². The van der Waals surface area contributed by atoms with E-state index in [0.29, 0.717) is 0 Å². The Balaban J connectivity index is 1.94. The van der Waals surface area contributed by atoms with E-state index in [2.05, 4.69) is 22.8 Å². The smallest absolute Gasteiger partial charge is 0.0558 e. The topological polar surface area (TPSA) is 52.7 Å². The van der Waals surface area contributed by atoms with Gasteiger partial charge in [-0.2, -0.15) is 0 Å². The van der Waals surface area contributed by atoms with Gasteiger partial charge < -0.3 is 10.8 Å². The molecule has 1 fully saturated rings. The van der Waals surface area contributed by atoms with Crippen molar-refractivity contribution in [1.29, 1.82) is 0 Å². The molecule has 0 unspecified atom stereocenters. The predicted molar refractivity (Wildman–Crippen MR) is 79.0 cm³/mol. The molecule has 1 aliphatic heterocycles. The van der Waals surface area contributed by atoms with Crippen LogP contribution in [0.5, 0.6) is 0 Å². The van der Waals surface area contributed by atoms with E-state index in [9.17, 15) is 0 Å². The first-order chi connectivity index (χ1) is 9.20. The number of nitrogens with zero attached hydrogens (tertiary/aromatic N) is 2. The predicted octanol–water partition coefficient (Wildman–Crippen LogP) is 1.08. The van der Waals surface area contributed by atoms with Gasteiger partial charge in [0, 0.05) is 31.9 Å². The van der Waals surface area contributed by atoms with Gasteiger partial charge in [0.1, 0.15) is 0 Å². The third-order valence-electron chi connectivity index (χ3n) is 3.98. The SMILES string of the molecule is Cc1c(N)cccc1CN1CCCN(CCO)CC1. The molecular weight excluding hydrogens is 238 g/mol. The van der Waals surface area contributed by atoms with E-state index in [0.717, 1.165) is 45.0 Å². The second-order valence-corrected chi connectivity index (χ2v) is 5.33. The summed E-state index contributed by atoms with van der Waals surface area (Å²) in [4.78, 5) is 4.82. The molecule has 0 radical (unpaired) electrons. The van der Waals surface area contributed by atoms with Crippen molar-refractivity contribution in [2.45, 2.75) is 19.9 Å². The first-order valence-corrected chi connectivity index (χ1v) is 7.10. The Labute approximate surface area is 115 Å². The van der Waals surface area contributed by atoms with Crippen molar-refractivity contribution in [1.82, 2.24) is 9.80 Å². The molecule has 0 aromatic heterocycles. The van der Waals surface area contributed by atoms with E-state index in [1.165, 1.54) is 17.5 Å². The van der Waals surface area contributed by atoms with Crippen LogP contribution in [0.1, 0.15) is 17.5 Å². The van der Waals surface area contributed by atoms with Gasteiger partial charge in [0.05, 0.1) is 6.61 Å². The van der Waals surface area contributed by atoms with Crippen LogP contribution in [0.3, 0.4) is 0 Å². The Hall–Kier alpha value is -1.10. The minimum absolute atomic E-state index is 0.258. The summed E-state index contributed by atoms with van der Waals surface area (Å²) in [5.41, 5.74) is 9.38. The molecule has 1 aliphatic rings. The average Bonchev–Trinajstić information content (AvgIpc) is 2.61. The number of aliphatic hydroxyl groups excluding tert-OH is 1. The Morgan fingerprint density at radius 1 is 1.16 bits per heavy atom. The van der Waals surface area contributed by atoms with Crippen LogP contribution >= 0.6 is 0 Å². The summed E-state index contributed by atoms with van der Waals surface area (Å²) in [5, 5.41) is 9.01. The fraction of sp³-hybridized carbons (Fsp3) is 0.600. The molecule has 1 saturated heterocycles. The molecule has 1 aromatic rings. The van der Waals surface area contributed by atoms with Crippen molar-refractivity contribution >= 4 is 5.69 Å². The summed E-state index contributed by atoms with van der Waals surface area (Å²) >= 11 is 0. The number of hydrogen-bond donors (Lipinski definition) is 2. The van der Waals surface area contributed by atoms with E-state index in [1.54, 1.807) is 0 Å². The normalized spacial score (nSPS) is 18.4. The number of nitrogen functional groups attached to an aromatic ring is 1. The molecule has 0 bridgehead atoms. The number of hydrogen-bond acceptors (Lipinski definition) is 4. The van der Waals surface area contributed by atoms with Gasteiger partial charge in [-0.05, 0) is 43.6 Å². The second kappa shape index (κ2) is 6.89. The zero-order valence-electron chi connectivity index (χ0n) is 11.8. The van der Waals surface area contributed by atoms with Gasteiger partial charge >= 0.3 is 0 Å². The maximum Gasteiger partial charge on any atom is 0.0558 e. The molecule has 19 heavy (non-hydrogen) atoms. The molecule has 0 atom stereocenters. The van der Waals surface area contributed by atoms with Crippen LogP contribution in [0, 0.1) is 6.92 Å². The molecule has 3 N–H and O–H groups in total. The molecule has 4 nitrogen and oxygen atoms in total. The van der Waals surface area contributed by atoms with Gasteiger partial charge in [-0.1, -0.05) is 12.1 Å². The lowest BCUT2D eigenvalue weighted by atomic mass is 10.1. The third-order valence-corrected chi connectivity index (χ3v) is 3.98. The fourth-order valence-electron chi connectivity index (χ4n) is 2.66. The second-order valence-electron chi connectivity index (χ2n) is 5.33. The Kier molecular flexibility index (Phi) is 5.19. The number of nitrogens with two attached hydrogens (primary N) is 1. The van der Waals surface area contributed by atoms with Gasteiger partial charge in [0.15, 0.2) is 0 Å². The molecule has 2 rings (SSSR count). The molecular formula is C15H25N3O. The summed E-state index contributed by atoms with van der Waals surface area (Å²) in [6, 6.07) is 6.17. The standard InChI is InChI=1S/C15H25N3O/c1-13-14(4-2-5-15(13)16)12-18-7-3-6-17(8-9-18)10-11-19/h2,4-5,19H,3,6-12,16H2,1H3. The summed E-state index contributed by atoms with van der Waals surface area (Å²) in [6.07, 6.45) is 1.17. The lowest BCUT2D eigenvalue weighted by Gasteiger charge is -2.22. The first-order valence-electron chi connectivity index (χ1n) is 7.10. The highest BCUT2D eigenvalue weighted by molar-refractivity contribution is 5.49. The highest BCUT2D eigenvalue weighted by Crippen LogP contribution is 2.18. The van der Waals surface area contributed by atoms with Crippen LogP contribution in [0.2, 0.25) is 0 Å². The quantitative estimate of drug-likeness (QED) is 0.798. The molecule has 4 heteroatoms. The molecule has 0 spiro atoms. The Morgan fingerprint density at radius 3 is 2.68 bits per heavy atom. The first kappa shape index (κ1) is 14.3. The molecule has 0 aliphatic carbocycles. The van der Waals surface area contributed by atoms with E-state index in [4.69, 9.17) is 10.8 Å². The minimum atomic E-state index is 0.258. The van der Waals surface area contributed by atoms with Crippen LogP contribution in [0.4, 0.5) is 5.69 Å². The molecule has 1 aromatic carbocycles. The van der Waals surface area contributed by atoms with Crippen LogP contribution in [0.15, 0.2) is 18.2 Å². The van der Waals surface area contributed by atoms with Crippen molar-refractivity contribution in [3.05, 3.63) is 29.3 Å². The van der Waals surface area contributed by atoms with Crippen molar-refractivity contribution < 1.29 is 5.11 Å². The lowest BCUT2D eigenvalue weighted by molar-refractivity contribution is 0.196. The number of benzene rings is 1. The van der Waals surface area contributed by atoms with Gasteiger partial charge in [0.2, 0.25) is 0 Å². The highest BCUT2D eigenvalue weighted by atomic mass is 16.3. The van der Waals surface area contributed by atoms with Crippen LogP contribution in [0.25, 0.3) is 0 Å². The monoisotopic (exact) mass is 263 g/mol. The number of rotatable bonds is 4. The number of β-amino-alcohol motifs (C(OH)–C–C–N with tert-alkyl or cyclic N) is 1. The lowest BCUT2D eigenvalue weighted by Crippen LogP contribution is -2.32. The zero-order chi connectivity index (χ0) is 13.7. The van der Waals surface area contributed by atoms with Gasteiger partial charge in [0.25, 0.3) is 0 Å². The number of anilines is 1. The van der Waals surface area contributed by atoms with Gasteiger partial charge in [-0.15, -0.1) is 0 Å². The summed E-state index contributed by atoms with van der Waals surface area (Å²) in [6.45, 7) is 8.45. The fourth-order valence-corrected chi connectivity index (χ4v) is 2.66. The Bertz CT molecular complexity index is 408. The summed E-state index contributed by atoms with van der Waals surface area (Å²) in [7, 11) is 0. The van der Waals surface area contributed by atoms with Gasteiger partial charge in [-0.25, -0.2) is 0 Å². The summed E-state index contributed by atoms with van der Waals surface area (Å²) < 4.78 is 0. The van der Waals surface area contributed by atoms with E-state index >= 15 is 0 Å². The van der Waals surface area contributed by atoms with E-state index in [1.807, 2.05) is 12.1 Å². The van der Waals surface area contributed by atoms with Gasteiger partial charge in [-0.3, -0.25) is 9.80 Å². The maximum absolute atomic E-state index is 9.01. The maximum atomic E-state index is 9.01.